The Morgan fingerprint density at radius 1 is 1.14 bits per heavy atom. The van der Waals surface area contributed by atoms with Gasteiger partial charge in [-0.15, -0.1) is 11.3 Å². The van der Waals surface area contributed by atoms with Crippen LogP contribution in [0, 0.1) is 0 Å². The molecule has 2 heterocycles. The van der Waals surface area contributed by atoms with Crippen molar-refractivity contribution in [1.29, 1.82) is 0 Å². The molecule has 0 fully saturated rings. The molecule has 0 atom stereocenters. The number of methoxy groups -OCH3 is 1. The van der Waals surface area contributed by atoms with Crippen LogP contribution in [0.1, 0.15) is 43.1 Å². The van der Waals surface area contributed by atoms with Gasteiger partial charge in [0.1, 0.15) is 10.8 Å². The van der Waals surface area contributed by atoms with E-state index in [-0.39, 0.29) is 11.8 Å². The number of benzene rings is 1. The van der Waals surface area contributed by atoms with E-state index in [0.717, 1.165) is 30.4 Å². The Balaban J connectivity index is 1.58. The molecule has 7 heteroatoms. The van der Waals surface area contributed by atoms with Crippen LogP contribution in [-0.4, -0.2) is 23.9 Å². The highest BCUT2D eigenvalue weighted by molar-refractivity contribution is 7.17. The van der Waals surface area contributed by atoms with Crippen molar-refractivity contribution in [1.82, 2.24) is 10.3 Å². The maximum atomic E-state index is 13.0. The lowest BCUT2D eigenvalue weighted by Gasteiger charge is -2.11. The maximum Gasteiger partial charge on any atom is 0.260 e. The average molecular weight is 407 g/mol. The van der Waals surface area contributed by atoms with Crippen molar-refractivity contribution in [2.45, 2.75) is 25.8 Å². The molecule has 29 heavy (non-hydrogen) atoms. The lowest BCUT2D eigenvalue weighted by molar-refractivity contribution is 0.0951. The number of aryl methyl sites for hydroxylation is 1. The zero-order valence-corrected chi connectivity index (χ0v) is 16.8. The third-order valence-corrected chi connectivity index (χ3v) is 6.11. The fraction of sp³-hybridized carbons (Fsp3) is 0.227. The number of fused-ring (bicyclic) bond motifs is 1. The Kier molecular flexibility index (Phi) is 5.57. The van der Waals surface area contributed by atoms with Crippen LogP contribution in [0.4, 0.5) is 5.00 Å². The fourth-order valence-corrected chi connectivity index (χ4v) is 4.79. The van der Waals surface area contributed by atoms with Crippen LogP contribution in [0.3, 0.4) is 0 Å². The van der Waals surface area contributed by atoms with Gasteiger partial charge in [-0.1, -0.05) is 18.2 Å². The quantitative estimate of drug-likeness (QED) is 0.651. The average Bonchev–Trinajstić information content (AvgIpc) is 3.33. The van der Waals surface area contributed by atoms with E-state index in [1.165, 1.54) is 23.3 Å². The number of carbonyl (C=O) groups excluding carboxylic acids is 2. The molecular formula is C22H21N3O3S. The van der Waals surface area contributed by atoms with E-state index >= 15 is 0 Å². The van der Waals surface area contributed by atoms with Crippen molar-refractivity contribution in [3.05, 3.63) is 75.9 Å². The molecule has 0 saturated carbocycles. The summed E-state index contributed by atoms with van der Waals surface area (Å²) >= 11 is 1.49. The predicted octanol–water partition coefficient (Wildman–Crippen LogP) is 3.82. The van der Waals surface area contributed by atoms with Gasteiger partial charge in [0.2, 0.25) is 0 Å². The van der Waals surface area contributed by atoms with Gasteiger partial charge < -0.3 is 15.4 Å². The molecule has 0 aliphatic heterocycles. The van der Waals surface area contributed by atoms with Gasteiger partial charge in [-0.05, 0) is 48.6 Å². The van der Waals surface area contributed by atoms with Crippen LogP contribution in [0.25, 0.3) is 0 Å². The molecule has 1 aliphatic rings. The smallest absolute Gasteiger partial charge is 0.260 e. The Morgan fingerprint density at radius 2 is 2.00 bits per heavy atom. The highest BCUT2D eigenvalue weighted by Crippen LogP contribution is 2.39. The van der Waals surface area contributed by atoms with Gasteiger partial charge in [0.25, 0.3) is 11.8 Å². The molecule has 2 amide bonds. The first kappa shape index (κ1) is 19.1. The Morgan fingerprint density at radius 3 is 2.79 bits per heavy atom. The Labute approximate surface area is 172 Å². The minimum Gasteiger partial charge on any atom is -0.496 e. The van der Waals surface area contributed by atoms with Crippen LogP contribution in [0.5, 0.6) is 5.75 Å². The third-order valence-electron chi connectivity index (χ3n) is 4.90. The topological polar surface area (TPSA) is 80.3 Å². The summed E-state index contributed by atoms with van der Waals surface area (Å²) in [5.41, 5.74) is 2.99. The number of pyridine rings is 1. The maximum absolute atomic E-state index is 13.0. The molecule has 4 rings (SSSR count). The number of carbonyl (C=O) groups is 2. The highest BCUT2D eigenvalue weighted by Gasteiger charge is 2.28. The number of para-hydroxylation sites is 1. The zero-order valence-electron chi connectivity index (χ0n) is 16.0. The summed E-state index contributed by atoms with van der Waals surface area (Å²) in [5.74, 6) is 0.0314. The molecule has 1 aromatic carbocycles. The van der Waals surface area contributed by atoms with Gasteiger partial charge in [0.05, 0.1) is 18.2 Å². The molecule has 1 aliphatic carbocycles. The molecule has 148 valence electrons. The van der Waals surface area contributed by atoms with Crippen molar-refractivity contribution < 1.29 is 14.3 Å². The fourth-order valence-electron chi connectivity index (χ4n) is 3.51. The van der Waals surface area contributed by atoms with E-state index in [9.17, 15) is 9.59 Å². The molecular weight excluding hydrogens is 386 g/mol. The molecule has 6 nitrogen and oxygen atoms in total. The van der Waals surface area contributed by atoms with Gasteiger partial charge in [-0.2, -0.15) is 0 Å². The minimum absolute atomic E-state index is 0.177. The number of anilines is 1. The summed E-state index contributed by atoms with van der Waals surface area (Å²) in [5, 5.41) is 6.49. The monoisotopic (exact) mass is 407 g/mol. The van der Waals surface area contributed by atoms with Crippen LogP contribution in [0.15, 0.2) is 48.8 Å². The summed E-state index contributed by atoms with van der Waals surface area (Å²) in [6, 6.07) is 10.8. The van der Waals surface area contributed by atoms with Crippen LogP contribution in [0.2, 0.25) is 0 Å². The highest BCUT2D eigenvalue weighted by atomic mass is 32.1. The molecule has 0 spiro atoms. The molecule has 3 aromatic rings. The number of ether oxygens (including phenoxy) is 1. The summed E-state index contributed by atoms with van der Waals surface area (Å²) in [7, 11) is 1.53. The standard InChI is InChI=1S/C22H21N3O3S/c1-28-17-9-3-2-7-15(17)20(26)25-22-19(16-8-4-10-18(16)29-22)21(27)24-13-14-6-5-11-23-12-14/h2-3,5-7,9,11-12H,4,8,10,13H2,1H3,(H,24,27)(H,25,26). The molecule has 0 bridgehead atoms. The first-order valence-corrected chi connectivity index (χ1v) is 10.2. The molecule has 0 saturated heterocycles. The number of hydrogen-bond acceptors (Lipinski definition) is 5. The first-order chi connectivity index (χ1) is 14.2. The number of hydrogen-bond donors (Lipinski definition) is 2. The van der Waals surface area contributed by atoms with Gasteiger partial charge in [0.15, 0.2) is 0 Å². The minimum atomic E-state index is -0.288. The lowest BCUT2D eigenvalue weighted by atomic mass is 10.1. The van der Waals surface area contributed by atoms with Crippen molar-refractivity contribution in [3.63, 3.8) is 0 Å². The van der Waals surface area contributed by atoms with Crippen LogP contribution >= 0.6 is 11.3 Å². The lowest BCUT2D eigenvalue weighted by Crippen LogP contribution is -2.25. The second kappa shape index (κ2) is 8.45. The predicted molar refractivity (Wildman–Crippen MR) is 113 cm³/mol. The molecule has 0 unspecified atom stereocenters. The van der Waals surface area contributed by atoms with Crippen molar-refractivity contribution in [2.24, 2.45) is 0 Å². The summed E-state index contributed by atoms with van der Waals surface area (Å²) in [4.78, 5) is 31.1. The van der Waals surface area contributed by atoms with E-state index in [4.69, 9.17) is 4.74 Å². The number of thiophene rings is 1. The number of nitrogens with zero attached hydrogens (tertiary/aromatic N) is 1. The normalized spacial score (nSPS) is 12.3. The zero-order chi connectivity index (χ0) is 20.2. The number of aromatic nitrogens is 1. The third kappa shape index (κ3) is 4.00. The van der Waals surface area contributed by atoms with Gasteiger partial charge >= 0.3 is 0 Å². The Bertz CT molecular complexity index is 1050. The van der Waals surface area contributed by atoms with E-state index in [2.05, 4.69) is 15.6 Å². The second-order valence-electron chi connectivity index (χ2n) is 6.76. The molecule has 2 N–H and O–H groups in total. The second-order valence-corrected chi connectivity index (χ2v) is 7.86. The Hall–Kier alpha value is -3.19. The van der Waals surface area contributed by atoms with Crippen molar-refractivity contribution in [3.8, 4) is 5.75 Å². The van der Waals surface area contributed by atoms with Gasteiger partial charge in [0, 0.05) is 23.8 Å². The van der Waals surface area contributed by atoms with Crippen LogP contribution < -0.4 is 15.4 Å². The molecule has 0 radical (unpaired) electrons. The van der Waals surface area contributed by atoms with E-state index < -0.39 is 0 Å². The summed E-state index contributed by atoms with van der Waals surface area (Å²) in [6.45, 7) is 0.386. The van der Waals surface area contributed by atoms with Crippen LogP contribution in [-0.2, 0) is 19.4 Å². The number of rotatable bonds is 6. The largest absolute Gasteiger partial charge is 0.496 e. The number of nitrogens with one attached hydrogen (secondary N) is 2. The summed E-state index contributed by atoms with van der Waals surface area (Å²) < 4.78 is 5.29. The number of amides is 2. The van der Waals surface area contributed by atoms with E-state index in [0.29, 0.717) is 28.4 Å². The first-order valence-electron chi connectivity index (χ1n) is 9.43. The van der Waals surface area contributed by atoms with Crippen molar-refractivity contribution >= 4 is 28.2 Å². The van der Waals surface area contributed by atoms with E-state index in [1.807, 2.05) is 18.2 Å². The summed E-state index contributed by atoms with van der Waals surface area (Å²) in [6.07, 6.45) is 6.25. The van der Waals surface area contributed by atoms with Gasteiger partial charge in [-0.3, -0.25) is 14.6 Å². The van der Waals surface area contributed by atoms with Crippen molar-refractivity contribution in [2.75, 3.05) is 12.4 Å². The van der Waals surface area contributed by atoms with Gasteiger partial charge in [-0.25, -0.2) is 0 Å². The molecule has 2 aromatic heterocycles. The SMILES string of the molecule is COc1ccccc1C(=O)Nc1sc2c(c1C(=O)NCc1cccnc1)CCC2. The van der Waals surface area contributed by atoms with E-state index in [1.54, 1.807) is 30.6 Å².